The summed E-state index contributed by atoms with van der Waals surface area (Å²) in [6.07, 6.45) is -1.10. The van der Waals surface area contributed by atoms with Crippen molar-refractivity contribution in [3.8, 4) is 28.3 Å². The van der Waals surface area contributed by atoms with Crippen LogP contribution in [0.25, 0.3) is 33.4 Å². The molecule has 4 aromatic rings. The molecule has 2 fully saturated rings. The molecule has 2 aliphatic rings. The number of pyridine rings is 1. The third-order valence-electron chi connectivity index (χ3n) is 7.69. The van der Waals surface area contributed by atoms with Gasteiger partial charge in [-0.05, 0) is 36.1 Å². The molecule has 2 aromatic carbocycles. The highest BCUT2D eigenvalue weighted by atomic mass is 19.3. The maximum Gasteiger partial charge on any atom is 0.289 e. The number of hydrogen-bond donors (Lipinski definition) is 2. The zero-order valence-electron chi connectivity index (χ0n) is 21.6. The Morgan fingerprint density at radius 3 is 2.33 bits per heavy atom. The number of hydrogen-bond acceptors (Lipinski definition) is 5. The Balaban J connectivity index is 1.18. The van der Waals surface area contributed by atoms with E-state index >= 15 is 4.39 Å². The summed E-state index contributed by atoms with van der Waals surface area (Å²) in [6, 6.07) is 17.3. The van der Waals surface area contributed by atoms with E-state index in [-0.39, 0.29) is 30.3 Å². The molecule has 3 heterocycles. The smallest absolute Gasteiger partial charge is 0.289 e. The molecular formula is C30H28F3N3O4. The Labute approximate surface area is 228 Å². The van der Waals surface area contributed by atoms with Gasteiger partial charge < -0.3 is 24.5 Å². The average Bonchev–Trinajstić information content (AvgIpc) is 3.50. The van der Waals surface area contributed by atoms with Crippen LogP contribution in [0.5, 0.6) is 5.88 Å². The first-order valence-electron chi connectivity index (χ1n) is 13.3. The summed E-state index contributed by atoms with van der Waals surface area (Å²) >= 11 is 0. The number of ether oxygens (including phenoxy) is 2. The number of nitrogens with zero attached hydrogens (tertiary/aromatic N) is 2. The van der Waals surface area contributed by atoms with Crippen molar-refractivity contribution in [3.63, 3.8) is 0 Å². The molecule has 1 saturated heterocycles. The number of nitrogens with one attached hydrogen (secondary N) is 1. The van der Waals surface area contributed by atoms with Crippen molar-refractivity contribution in [1.29, 1.82) is 0 Å². The number of amides is 1. The summed E-state index contributed by atoms with van der Waals surface area (Å²) < 4.78 is 54.8. The van der Waals surface area contributed by atoms with E-state index in [9.17, 15) is 18.7 Å². The monoisotopic (exact) mass is 551 g/mol. The van der Waals surface area contributed by atoms with Crippen LogP contribution in [0.2, 0.25) is 0 Å². The summed E-state index contributed by atoms with van der Waals surface area (Å²) in [4.78, 5) is 21.7. The molecule has 10 heteroatoms. The molecule has 0 spiro atoms. The van der Waals surface area contributed by atoms with Gasteiger partial charge in [0.2, 0.25) is 0 Å². The van der Waals surface area contributed by atoms with E-state index in [1.165, 1.54) is 12.1 Å². The molecule has 2 N–H and O–H groups in total. The van der Waals surface area contributed by atoms with Gasteiger partial charge in [0.25, 0.3) is 11.8 Å². The van der Waals surface area contributed by atoms with Crippen molar-refractivity contribution in [1.82, 2.24) is 14.9 Å². The quantitative estimate of drug-likeness (QED) is 0.340. The summed E-state index contributed by atoms with van der Waals surface area (Å²) in [5.41, 5.74) is 3.82. The lowest BCUT2D eigenvalue weighted by atomic mass is 10.0. The minimum Gasteiger partial charge on any atom is -0.469 e. The average molecular weight is 552 g/mol. The number of benzene rings is 2. The second kappa shape index (κ2) is 10.6. The number of morpholine rings is 1. The number of H-pyrrole nitrogens is 1. The number of aromatic nitrogens is 2. The minimum atomic E-state index is -3.16. The summed E-state index contributed by atoms with van der Waals surface area (Å²) in [6.45, 7) is 1.65. The largest absolute Gasteiger partial charge is 0.469 e. The first-order chi connectivity index (χ1) is 19.3. The van der Waals surface area contributed by atoms with Crippen LogP contribution in [0.4, 0.5) is 13.2 Å². The van der Waals surface area contributed by atoms with Crippen LogP contribution in [0.3, 0.4) is 0 Å². The number of aliphatic hydroxyl groups is 1. The Kier molecular flexibility index (Phi) is 6.97. The van der Waals surface area contributed by atoms with Gasteiger partial charge in [0.05, 0.1) is 30.9 Å². The second-order valence-corrected chi connectivity index (χ2v) is 10.2. The summed E-state index contributed by atoms with van der Waals surface area (Å²) in [5, 5.41) is 9.21. The number of carbonyl (C=O) groups excluding carboxylic acids is 1. The van der Waals surface area contributed by atoms with Crippen LogP contribution in [0, 0.1) is 11.7 Å². The van der Waals surface area contributed by atoms with Gasteiger partial charge in [-0.3, -0.25) is 4.79 Å². The SMILES string of the molecule is O=C(c1ccc(-c2ccc(-c3nc4cc(O[C@@H]5CC[C@H](CO)C5(F)F)[nH]c4cc3F)cc2)cc1)N1CCOCC1. The number of rotatable bonds is 6. The van der Waals surface area contributed by atoms with Gasteiger partial charge >= 0.3 is 0 Å². The van der Waals surface area contributed by atoms with E-state index in [0.717, 1.165) is 11.1 Å². The molecule has 2 aromatic heterocycles. The lowest BCUT2D eigenvalue weighted by molar-refractivity contribution is -0.115. The van der Waals surface area contributed by atoms with E-state index in [2.05, 4.69) is 9.97 Å². The van der Waals surface area contributed by atoms with Crippen LogP contribution >= 0.6 is 0 Å². The predicted octanol–water partition coefficient (Wildman–Crippen LogP) is 5.29. The van der Waals surface area contributed by atoms with Crippen molar-refractivity contribution in [2.24, 2.45) is 5.92 Å². The van der Waals surface area contributed by atoms with Gasteiger partial charge in [-0.2, -0.15) is 0 Å². The van der Waals surface area contributed by atoms with E-state index in [0.29, 0.717) is 48.5 Å². The molecule has 1 aliphatic carbocycles. The second-order valence-electron chi connectivity index (χ2n) is 10.2. The van der Waals surface area contributed by atoms with E-state index < -0.39 is 30.4 Å². The number of aromatic amines is 1. The Morgan fingerprint density at radius 1 is 1.02 bits per heavy atom. The topological polar surface area (TPSA) is 87.7 Å². The predicted molar refractivity (Wildman–Crippen MR) is 143 cm³/mol. The number of aliphatic hydroxyl groups excluding tert-OH is 1. The first-order valence-corrected chi connectivity index (χ1v) is 13.3. The van der Waals surface area contributed by atoms with Crippen molar-refractivity contribution >= 4 is 16.9 Å². The molecule has 0 bridgehead atoms. The zero-order chi connectivity index (χ0) is 27.9. The molecule has 0 unspecified atom stereocenters. The zero-order valence-corrected chi connectivity index (χ0v) is 21.6. The minimum absolute atomic E-state index is 0.0215. The fourth-order valence-corrected chi connectivity index (χ4v) is 5.35. The lowest BCUT2D eigenvalue weighted by Crippen LogP contribution is -2.40. The maximum absolute atomic E-state index is 15.0. The molecule has 208 valence electrons. The third kappa shape index (κ3) is 4.93. The number of halogens is 3. The number of alkyl halides is 2. The van der Waals surface area contributed by atoms with Crippen molar-refractivity contribution in [2.45, 2.75) is 24.9 Å². The van der Waals surface area contributed by atoms with Crippen LogP contribution in [-0.2, 0) is 4.74 Å². The highest BCUT2D eigenvalue weighted by molar-refractivity contribution is 5.94. The van der Waals surface area contributed by atoms with Crippen LogP contribution in [0.1, 0.15) is 23.2 Å². The molecule has 2 atom stereocenters. The van der Waals surface area contributed by atoms with Gasteiger partial charge in [-0.25, -0.2) is 18.2 Å². The van der Waals surface area contributed by atoms with E-state index in [1.807, 2.05) is 24.3 Å². The Morgan fingerprint density at radius 2 is 1.68 bits per heavy atom. The molecule has 1 saturated carbocycles. The highest BCUT2D eigenvalue weighted by Crippen LogP contribution is 2.42. The Bertz CT molecular complexity index is 1520. The normalized spacial score (nSPS) is 20.6. The third-order valence-corrected chi connectivity index (χ3v) is 7.69. The van der Waals surface area contributed by atoms with Crippen molar-refractivity contribution < 1.29 is 32.5 Å². The van der Waals surface area contributed by atoms with Crippen LogP contribution < -0.4 is 4.74 Å². The molecular weight excluding hydrogens is 523 g/mol. The van der Waals surface area contributed by atoms with Gasteiger partial charge in [-0.15, -0.1) is 0 Å². The molecule has 0 radical (unpaired) electrons. The molecule has 40 heavy (non-hydrogen) atoms. The molecule has 6 rings (SSSR count). The lowest BCUT2D eigenvalue weighted by Gasteiger charge is -2.26. The first kappa shape index (κ1) is 26.3. The van der Waals surface area contributed by atoms with Gasteiger partial charge in [-0.1, -0.05) is 36.4 Å². The molecule has 7 nitrogen and oxygen atoms in total. The molecule has 1 amide bonds. The van der Waals surface area contributed by atoms with Crippen LogP contribution in [0.15, 0.2) is 60.7 Å². The van der Waals surface area contributed by atoms with E-state index in [1.54, 1.807) is 29.2 Å². The maximum atomic E-state index is 15.0. The van der Waals surface area contributed by atoms with E-state index in [4.69, 9.17) is 9.47 Å². The van der Waals surface area contributed by atoms with Gasteiger partial charge in [0, 0.05) is 42.3 Å². The number of fused-ring (bicyclic) bond motifs is 1. The molecule has 1 aliphatic heterocycles. The Hall–Kier alpha value is -3.89. The van der Waals surface area contributed by atoms with Crippen molar-refractivity contribution in [2.75, 3.05) is 32.9 Å². The van der Waals surface area contributed by atoms with Gasteiger partial charge in [0.1, 0.15) is 5.69 Å². The standard InChI is InChI=1S/C30H28F3N3O4/c31-23-15-24-25(16-27(34-24)40-26-10-9-22(17-37)30(26,32)33)35-28(23)20-5-1-18(2-6-20)19-3-7-21(8-4-19)29(38)36-11-13-39-14-12-36/h1-8,15-16,22,26,34,37H,9-14,17H2/t22-,26-/m1/s1. The van der Waals surface area contributed by atoms with Crippen molar-refractivity contribution in [3.05, 3.63) is 72.0 Å². The summed E-state index contributed by atoms with van der Waals surface area (Å²) in [5.74, 6) is -4.80. The highest BCUT2D eigenvalue weighted by Gasteiger charge is 2.53. The summed E-state index contributed by atoms with van der Waals surface area (Å²) in [7, 11) is 0. The van der Waals surface area contributed by atoms with Gasteiger partial charge in [0.15, 0.2) is 17.8 Å². The fraction of sp³-hybridized carbons (Fsp3) is 0.333. The number of carbonyl (C=O) groups is 1. The van der Waals surface area contributed by atoms with Crippen LogP contribution in [-0.4, -0.2) is 70.8 Å². The fourth-order valence-electron chi connectivity index (χ4n) is 5.35.